The molecule has 0 aliphatic rings. The van der Waals surface area contributed by atoms with Gasteiger partial charge in [-0.05, 0) is 17.7 Å². The van der Waals surface area contributed by atoms with Crippen LogP contribution < -0.4 is 11.5 Å². The van der Waals surface area contributed by atoms with E-state index in [0.29, 0.717) is 5.56 Å². The van der Waals surface area contributed by atoms with E-state index in [1.165, 1.54) is 13.2 Å². The molecule has 0 aliphatic carbocycles. The van der Waals surface area contributed by atoms with E-state index in [9.17, 15) is 9.18 Å². The molecule has 1 aromatic rings. The first kappa shape index (κ1) is 10.3. The van der Waals surface area contributed by atoms with Gasteiger partial charge in [-0.15, -0.1) is 0 Å². The van der Waals surface area contributed by atoms with E-state index in [1.54, 1.807) is 0 Å². The summed E-state index contributed by atoms with van der Waals surface area (Å²) in [7, 11) is 1.26. The molecule has 0 bridgehead atoms. The van der Waals surface area contributed by atoms with Gasteiger partial charge in [0.1, 0.15) is 5.82 Å². The summed E-state index contributed by atoms with van der Waals surface area (Å²) in [5.41, 5.74) is 11.5. The lowest BCUT2D eigenvalue weighted by Crippen LogP contribution is -2.08. The Hall–Kier alpha value is -1.78. The van der Waals surface area contributed by atoms with Crippen LogP contribution in [0.5, 0.6) is 0 Å². The minimum absolute atomic E-state index is 0.0314. The molecule has 1 aromatic carbocycles. The number of ether oxygens (including phenoxy) is 1. The van der Waals surface area contributed by atoms with Gasteiger partial charge in [0.05, 0.1) is 19.2 Å². The Balaban J connectivity index is 2.98. The number of hydrogen-bond donors (Lipinski definition) is 2. The van der Waals surface area contributed by atoms with E-state index in [-0.39, 0.29) is 17.8 Å². The third-order valence-electron chi connectivity index (χ3n) is 1.82. The Morgan fingerprint density at radius 2 is 2.07 bits per heavy atom. The van der Waals surface area contributed by atoms with Gasteiger partial charge in [-0.3, -0.25) is 4.79 Å². The number of hydrogen-bond acceptors (Lipinski definition) is 4. The first-order valence-corrected chi connectivity index (χ1v) is 3.94. The molecule has 0 amide bonds. The van der Waals surface area contributed by atoms with Crippen molar-refractivity contribution in [3.05, 3.63) is 23.5 Å². The number of methoxy groups -OCH3 is 1. The Morgan fingerprint density at radius 3 is 2.64 bits per heavy atom. The van der Waals surface area contributed by atoms with Crippen LogP contribution in [-0.4, -0.2) is 13.1 Å². The highest BCUT2D eigenvalue weighted by Crippen LogP contribution is 2.20. The Kier molecular flexibility index (Phi) is 2.91. The second-order valence-electron chi connectivity index (χ2n) is 2.83. The molecule has 0 aromatic heterocycles. The minimum atomic E-state index is -0.585. The molecule has 4 nitrogen and oxygen atoms in total. The normalized spacial score (nSPS) is 9.86. The fourth-order valence-corrected chi connectivity index (χ4v) is 1.03. The van der Waals surface area contributed by atoms with Crippen molar-refractivity contribution in [2.24, 2.45) is 0 Å². The molecule has 5 heteroatoms. The van der Waals surface area contributed by atoms with Crippen molar-refractivity contribution in [3.8, 4) is 0 Å². The largest absolute Gasteiger partial charge is 0.469 e. The summed E-state index contributed by atoms with van der Waals surface area (Å²) in [6, 6.07) is 2.43. The van der Waals surface area contributed by atoms with Crippen molar-refractivity contribution in [2.45, 2.75) is 6.42 Å². The van der Waals surface area contributed by atoms with Crippen LogP contribution in [0.4, 0.5) is 15.8 Å². The summed E-state index contributed by atoms with van der Waals surface area (Å²) >= 11 is 0. The van der Waals surface area contributed by atoms with Gasteiger partial charge in [-0.2, -0.15) is 0 Å². The SMILES string of the molecule is COC(=O)Cc1cc(F)c(N)cc1N. The van der Waals surface area contributed by atoms with Crippen LogP contribution in [0, 0.1) is 5.82 Å². The standard InChI is InChI=1S/C9H11FN2O2/c1-14-9(13)3-5-2-6(10)8(12)4-7(5)11/h2,4H,3,11-12H2,1H3. The van der Waals surface area contributed by atoms with Crippen LogP contribution in [-0.2, 0) is 16.0 Å². The van der Waals surface area contributed by atoms with Gasteiger partial charge in [-0.1, -0.05) is 0 Å². The number of esters is 1. The number of benzene rings is 1. The van der Waals surface area contributed by atoms with E-state index in [2.05, 4.69) is 4.74 Å². The Morgan fingerprint density at radius 1 is 1.43 bits per heavy atom. The van der Waals surface area contributed by atoms with Gasteiger partial charge >= 0.3 is 5.97 Å². The summed E-state index contributed by atoms with van der Waals surface area (Å²) < 4.78 is 17.4. The minimum Gasteiger partial charge on any atom is -0.469 e. The molecule has 0 saturated heterocycles. The molecule has 0 fully saturated rings. The van der Waals surface area contributed by atoms with Crippen LogP contribution in [0.1, 0.15) is 5.56 Å². The number of nitrogen functional groups attached to an aromatic ring is 2. The van der Waals surface area contributed by atoms with Crippen molar-refractivity contribution in [1.29, 1.82) is 0 Å². The fourth-order valence-electron chi connectivity index (χ4n) is 1.03. The van der Waals surface area contributed by atoms with E-state index in [0.717, 1.165) is 6.07 Å². The molecule has 0 unspecified atom stereocenters. The van der Waals surface area contributed by atoms with Crippen LogP contribution in [0.2, 0.25) is 0 Å². The van der Waals surface area contributed by atoms with Crippen LogP contribution in [0.15, 0.2) is 12.1 Å². The molecular formula is C9H11FN2O2. The van der Waals surface area contributed by atoms with E-state index >= 15 is 0 Å². The second-order valence-corrected chi connectivity index (χ2v) is 2.83. The summed E-state index contributed by atoms with van der Waals surface area (Å²) in [5.74, 6) is -1.06. The lowest BCUT2D eigenvalue weighted by molar-refractivity contribution is -0.139. The predicted octanol–water partition coefficient (Wildman–Crippen LogP) is 0.706. The number of carbonyl (C=O) groups excluding carboxylic acids is 1. The topological polar surface area (TPSA) is 78.3 Å². The first-order valence-electron chi connectivity index (χ1n) is 3.94. The molecule has 0 heterocycles. The van der Waals surface area contributed by atoms with Gasteiger partial charge in [0.25, 0.3) is 0 Å². The van der Waals surface area contributed by atoms with Crippen molar-refractivity contribution < 1.29 is 13.9 Å². The summed E-state index contributed by atoms with van der Waals surface area (Å²) in [6.45, 7) is 0. The zero-order valence-electron chi connectivity index (χ0n) is 7.71. The molecule has 0 atom stereocenters. The van der Waals surface area contributed by atoms with Gasteiger partial charge < -0.3 is 16.2 Å². The van der Waals surface area contributed by atoms with Gasteiger partial charge in [0.15, 0.2) is 0 Å². The van der Waals surface area contributed by atoms with Crippen molar-refractivity contribution >= 4 is 17.3 Å². The zero-order chi connectivity index (χ0) is 10.7. The number of rotatable bonds is 2. The molecular weight excluding hydrogens is 187 g/mol. The Bertz CT molecular complexity index is 366. The van der Waals surface area contributed by atoms with Crippen molar-refractivity contribution in [1.82, 2.24) is 0 Å². The van der Waals surface area contributed by atoms with E-state index in [4.69, 9.17) is 11.5 Å². The third kappa shape index (κ3) is 2.12. The second kappa shape index (κ2) is 3.95. The molecule has 0 spiro atoms. The maximum Gasteiger partial charge on any atom is 0.310 e. The molecule has 14 heavy (non-hydrogen) atoms. The molecule has 0 saturated carbocycles. The van der Waals surface area contributed by atoms with Crippen LogP contribution >= 0.6 is 0 Å². The number of nitrogens with two attached hydrogens (primary N) is 2. The van der Waals surface area contributed by atoms with Crippen LogP contribution in [0.3, 0.4) is 0 Å². The highest BCUT2D eigenvalue weighted by atomic mass is 19.1. The maximum absolute atomic E-state index is 13.0. The smallest absolute Gasteiger partial charge is 0.310 e. The molecule has 4 N–H and O–H groups in total. The van der Waals surface area contributed by atoms with E-state index < -0.39 is 11.8 Å². The number of anilines is 2. The maximum atomic E-state index is 13.0. The van der Waals surface area contributed by atoms with Crippen LogP contribution in [0.25, 0.3) is 0 Å². The van der Waals surface area contributed by atoms with Gasteiger partial charge in [-0.25, -0.2) is 4.39 Å². The van der Waals surface area contributed by atoms with Gasteiger partial charge in [0, 0.05) is 5.69 Å². The van der Waals surface area contributed by atoms with Gasteiger partial charge in [0.2, 0.25) is 0 Å². The Labute approximate surface area is 80.6 Å². The molecule has 0 radical (unpaired) electrons. The molecule has 0 aliphatic heterocycles. The summed E-state index contributed by atoms with van der Waals surface area (Å²) in [5, 5.41) is 0. The van der Waals surface area contributed by atoms with E-state index in [1.807, 2.05) is 0 Å². The highest BCUT2D eigenvalue weighted by Gasteiger charge is 2.09. The van der Waals surface area contributed by atoms with Crippen molar-refractivity contribution in [3.63, 3.8) is 0 Å². The highest BCUT2D eigenvalue weighted by molar-refractivity contribution is 5.75. The third-order valence-corrected chi connectivity index (χ3v) is 1.82. The lowest BCUT2D eigenvalue weighted by Gasteiger charge is -2.06. The molecule has 76 valence electrons. The van der Waals surface area contributed by atoms with Crippen molar-refractivity contribution in [2.75, 3.05) is 18.6 Å². The number of halogens is 1. The zero-order valence-corrected chi connectivity index (χ0v) is 7.71. The summed E-state index contributed by atoms with van der Waals surface area (Å²) in [6.07, 6.45) is -0.0560. The quantitative estimate of drug-likeness (QED) is 0.541. The lowest BCUT2D eigenvalue weighted by atomic mass is 10.1. The number of carbonyl (C=O) groups is 1. The average molecular weight is 198 g/mol. The molecule has 1 rings (SSSR count). The fraction of sp³-hybridized carbons (Fsp3) is 0.222. The summed E-state index contributed by atoms with van der Waals surface area (Å²) in [4.78, 5) is 10.9. The average Bonchev–Trinajstić information content (AvgIpc) is 2.14. The monoisotopic (exact) mass is 198 g/mol. The predicted molar refractivity (Wildman–Crippen MR) is 50.9 cm³/mol. The first-order chi connectivity index (χ1) is 6.54.